The maximum atomic E-state index is 13.1. The fraction of sp³-hybridized carbons (Fsp3) is 0.533. The molecular weight excluding hydrogens is 231 g/mol. The zero-order valence-electron chi connectivity index (χ0n) is 10.5. The zero-order chi connectivity index (χ0) is 12.8. The summed E-state index contributed by atoms with van der Waals surface area (Å²) in [6.07, 6.45) is 4.46. The maximum absolute atomic E-state index is 13.1. The van der Waals surface area contributed by atoms with Crippen molar-refractivity contribution in [3.8, 4) is 5.75 Å². The van der Waals surface area contributed by atoms with Gasteiger partial charge < -0.3 is 4.74 Å². The van der Waals surface area contributed by atoms with Gasteiger partial charge >= 0.3 is 0 Å². The van der Waals surface area contributed by atoms with E-state index in [1.165, 1.54) is 12.1 Å². The summed E-state index contributed by atoms with van der Waals surface area (Å²) >= 11 is 0. The number of Topliss-reactive ketones (excluding diaryl/α,β-unsaturated/α-hetero) is 1. The normalized spacial score (nSPS) is 31.0. The number of rotatable bonds is 0. The molecule has 1 heterocycles. The van der Waals surface area contributed by atoms with E-state index in [4.69, 9.17) is 4.74 Å². The quantitative estimate of drug-likeness (QED) is 0.699. The summed E-state index contributed by atoms with van der Waals surface area (Å²) in [5, 5.41) is 0. The van der Waals surface area contributed by atoms with Gasteiger partial charge in [-0.2, -0.15) is 0 Å². The van der Waals surface area contributed by atoms with Crippen LogP contribution in [0, 0.1) is 11.7 Å². The van der Waals surface area contributed by atoms with E-state index in [0.717, 1.165) is 25.7 Å². The van der Waals surface area contributed by atoms with Crippen molar-refractivity contribution >= 4 is 5.78 Å². The van der Waals surface area contributed by atoms with E-state index in [2.05, 4.69) is 6.92 Å². The van der Waals surface area contributed by atoms with Gasteiger partial charge in [-0.15, -0.1) is 0 Å². The number of hydrogen-bond donors (Lipinski definition) is 0. The Bertz CT molecular complexity index is 487. The van der Waals surface area contributed by atoms with Crippen molar-refractivity contribution in [3.63, 3.8) is 0 Å². The van der Waals surface area contributed by atoms with Crippen LogP contribution in [0.4, 0.5) is 4.39 Å². The number of fused-ring (bicyclic) bond motifs is 1. The Balaban J connectivity index is 1.92. The van der Waals surface area contributed by atoms with Crippen LogP contribution in [-0.4, -0.2) is 11.4 Å². The number of carbonyl (C=O) groups is 1. The van der Waals surface area contributed by atoms with Crippen molar-refractivity contribution in [2.24, 2.45) is 5.92 Å². The molecule has 1 saturated carbocycles. The molecule has 1 fully saturated rings. The number of ketones is 1. The zero-order valence-corrected chi connectivity index (χ0v) is 10.5. The predicted octanol–water partition coefficient (Wildman–Crippen LogP) is 3.74. The summed E-state index contributed by atoms with van der Waals surface area (Å²) in [6.45, 7) is 2.24. The molecular formula is C15H17FO2. The largest absolute Gasteiger partial charge is 0.486 e. The van der Waals surface area contributed by atoms with Crippen LogP contribution >= 0.6 is 0 Å². The van der Waals surface area contributed by atoms with Crippen molar-refractivity contribution in [3.05, 3.63) is 29.6 Å². The Morgan fingerprint density at radius 1 is 1.33 bits per heavy atom. The molecule has 0 atom stereocenters. The monoisotopic (exact) mass is 248 g/mol. The lowest BCUT2D eigenvalue weighted by atomic mass is 9.75. The molecule has 1 aromatic rings. The molecule has 0 unspecified atom stereocenters. The Hall–Kier alpha value is -1.38. The highest BCUT2D eigenvalue weighted by Gasteiger charge is 2.42. The van der Waals surface area contributed by atoms with E-state index < -0.39 is 0 Å². The Kier molecular flexibility index (Phi) is 2.65. The lowest BCUT2D eigenvalue weighted by molar-refractivity contribution is 0.00391. The molecule has 1 aromatic carbocycles. The highest BCUT2D eigenvalue weighted by Crippen LogP contribution is 2.43. The third-order valence-corrected chi connectivity index (χ3v) is 4.24. The predicted molar refractivity (Wildman–Crippen MR) is 66.3 cm³/mol. The molecule has 0 N–H and O–H groups in total. The summed E-state index contributed by atoms with van der Waals surface area (Å²) < 4.78 is 19.2. The Morgan fingerprint density at radius 2 is 2.06 bits per heavy atom. The van der Waals surface area contributed by atoms with Gasteiger partial charge in [-0.25, -0.2) is 4.39 Å². The first-order valence-corrected chi connectivity index (χ1v) is 6.60. The van der Waals surface area contributed by atoms with E-state index >= 15 is 0 Å². The molecule has 0 amide bonds. The van der Waals surface area contributed by atoms with E-state index in [9.17, 15) is 9.18 Å². The van der Waals surface area contributed by atoms with Gasteiger partial charge in [-0.05, 0) is 49.8 Å². The molecule has 1 aliphatic heterocycles. The van der Waals surface area contributed by atoms with Gasteiger partial charge in [0.2, 0.25) is 0 Å². The van der Waals surface area contributed by atoms with Crippen molar-refractivity contribution in [2.45, 2.75) is 44.6 Å². The standard InChI is InChI=1S/C15H17FO2/c1-10-4-6-15(7-5-10)9-13(17)12-8-11(16)2-3-14(12)18-15/h2-3,8,10H,4-7,9H2,1H3. The second-order valence-electron chi connectivity index (χ2n) is 5.71. The first-order valence-electron chi connectivity index (χ1n) is 6.60. The van der Waals surface area contributed by atoms with Gasteiger partial charge in [0, 0.05) is 0 Å². The van der Waals surface area contributed by atoms with Crippen LogP contribution in [0.5, 0.6) is 5.75 Å². The lowest BCUT2D eigenvalue weighted by Gasteiger charge is -2.42. The minimum absolute atomic E-state index is 0.0188. The number of benzene rings is 1. The van der Waals surface area contributed by atoms with Gasteiger partial charge in [0.05, 0.1) is 12.0 Å². The molecule has 2 nitrogen and oxygen atoms in total. The first kappa shape index (κ1) is 11.7. The number of halogens is 1. The molecule has 0 aromatic heterocycles. The summed E-state index contributed by atoms with van der Waals surface area (Å²) in [6, 6.07) is 4.23. The molecule has 18 heavy (non-hydrogen) atoms. The third-order valence-electron chi connectivity index (χ3n) is 4.24. The van der Waals surface area contributed by atoms with E-state index in [-0.39, 0.29) is 17.2 Å². The van der Waals surface area contributed by atoms with Crippen LogP contribution in [0.25, 0.3) is 0 Å². The van der Waals surface area contributed by atoms with Crippen molar-refractivity contribution in [2.75, 3.05) is 0 Å². The molecule has 3 heteroatoms. The van der Waals surface area contributed by atoms with Crippen LogP contribution < -0.4 is 4.74 Å². The fourth-order valence-corrected chi connectivity index (χ4v) is 3.03. The topological polar surface area (TPSA) is 26.3 Å². The number of carbonyl (C=O) groups excluding carboxylic acids is 1. The SMILES string of the molecule is CC1CCC2(CC1)CC(=O)c1cc(F)ccc1O2. The van der Waals surface area contributed by atoms with Crippen LogP contribution in [0.1, 0.15) is 49.4 Å². The maximum Gasteiger partial charge on any atom is 0.170 e. The summed E-state index contributed by atoms with van der Waals surface area (Å²) in [5.41, 5.74) is 0.0771. The second kappa shape index (κ2) is 4.08. The molecule has 96 valence electrons. The van der Waals surface area contributed by atoms with Crippen molar-refractivity contribution in [1.29, 1.82) is 0 Å². The molecule has 0 radical (unpaired) electrons. The smallest absolute Gasteiger partial charge is 0.170 e. The summed E-state index contributed by atoms with van der Waals surface area (Å²) in [7, 11) is 0. The minimum Gasteiger partial charge on any atom is -0.486 e. The summed E-state index contributed by atoms with van der Waals surface area (Å²) in [4.78, 5) is 12.1. The third kappa shape index (κ3) is 1.92. The van der Waals surface area contributed by atoms with E-state index in [1.54, 1.807) is 6.07 Å². The molecule has 1 aliphatic carbocycles. The highest BCUT2D eigenvalue weighted by molar-refractivity contribution is 6.00. The molecule has 2 aliphatic rings. The van der Waals surface area contributed by atoms with Gasteiger partial charge in [0.15, 0.2) is 5.78 Å². The lowest BCUT2D eigenvalue weighted by Crippen LogP contribution is -2.44. The summed E-state index contributed by atoms with van der Waals surface area (Å²) in [5.74, 6) is 0.912. The van der Waals surface area contributed by atoms with Crippen LogP contribution in [0.15, 0.2) is 18.2 Å². The first-order chi connectivity index (χ1) is 8.58. The average Bonchev–Trinajstić information content (AvgIpc) is 2.35. The van der Waals surface area contributed by atoms with Crippen molar-refractivity contribution in [1.82, 2.24) is 0 Å². The molecule has 1 spiro atoms. The van der Waals surface area contributed by atoms with Gasteiger partial charge in [-0.3, -0.25) is 4.79 Å². The van der Waals surface area contributed by atoms with E-state index in [0.29, 0.717) is 23.7 Å². The second-order valence-corrected chi connectivity index (χ2v) is 5.71. The molecule has 3 rings (SSSR count). The molecule has 0 saturated heterocycles. The van der Waals surface area contributed by atoms with Gasteiger partial charge in [0.25, 0.3) is 0 Å². The van der Waals surface area contributed by atoms with Crippen LogP contribution in [0.3, 0.4) is 0 Å². The van der Waals surface area contributed by atoms with Crippen LogP contribution in [0.2, 0.25) is 0 Å². The minimum atomic E-state index is -0.376. The van der Waals surface area contributed by atoms with E-state index in [1.807, 2.05) is 0 Å². The molecule has 0 bridgehead atoms. The Morgan fingerprint density at radius 3 is 2.78 bits per heavy atom. The fourth-order valence-electron chi connectivity index (χ4n) is 3.03. The van der Waals surface area contributed by atoms with Crippen LogP contribution in [-0.2, 0) is 0 Å². The number of hydrogen-bond acceptors (Lipinski definition) is 2. The number of ether oxygens (including phenoxy) is 1. The van der Waals surface area contributed by atoms with Gasteiger partial charge in [0.1, 0.15) is 17.2 Å². The average molecular weight is 248 g/mol. The van der Waals surface area contributed by atoms with Crippen molar-refractivity contribution < 1.29 is 13.9 Å². The Labute approximate surface area is 106 Å². The van der Waals surface area contributed by atoms with Gasteiger partial charge in [-0.1, -0.05) is 6.92 Å². The highest BCUT2D eigenvalue weighted by atomic mass is 19.1.